The van der Waals surface area contributed by atoms with Gasteiger partial charge in [0.1, 0.15) is 12.3 Å². The van der Waals surface area contributed by atoms with Gasteiger partial charge in [-0.15, -0.1) is 0 Å². The number of nitriles is 1. The minimum absolute atomic E-state index is 0.415. The molecule has 0 atom stereocenters. The number of aromatic nitrogens is 2. The van der Waals surface area contributed by atoms with E-state index in [0.29, 0.717) is 6.73 Å². The zero-order valence-electron chi connectivity index (χ0n) is 16.2. The molecular weight excluding hydrogens is 340 g/mol. The second kappa shape index (κ2) is 7.81. The molecule has 1 aromatic heterocycles. The van der Waals surface area contributed by atoms with Crippen molar-refractivity contribution in [2.45, 2.75) is 70.1 Å². The summed E-state index contributed by atoms with van der Waals surface area (Å²) in [6.45, 7) is 8.35. The van der Waals surface area contributed by atoms with Crippen molar-refractivity contribution in [3.8, 4) is 6.07 Å². The summed E-state index contributed by atoms with van der Waals surface area (Å²) in [5.41, 5.74) is 1.65. The first kappa shape index (κ1) is 18.9. The van der Waals surface area contributed by atoms with Crippen LogP contribution in [0.15, 0.2) is 24.4 Å². The standard InChI is InChI=1S/C20H30N4OSi/c1-26(2,3)12-11-25-16-24-19-8-7-18(13-17(19)14-22-24)23-20(15-21)9-5-4-6-10-20/h7-8,13-14,23H,4-6,9-12,16H2,1-3H3. The summed E-state index contributed by atoms with van der Waals surface area (Å²) in [7, 11) is -1.06. The maximum absolute atomic E-state index is 9.66. The molecule has 6 heteroatoms. The highest BCUT2D eigenvalue weighted by atomic mass is 28.3. The number of rotatable bonds is 7. The Bertz CT molecular complexity index is 781. The lowest BCUT2D eigenvalue weighted by Crippen LogP contribution is -2.38. The van der Waals surface area contributed by atoms with E-state index in [1.165, 1.54) is 6.42 Å². The minimum atomic E-state index is -1.06. The number of ether oxygens (including phenoxy) is 1. The number of hydrogen-bond donors (Lipinski definition) is 1. The summed E-state index contributed by atoms with van der Waals surface area (Å²) in [5.74, 6) is 0. The lowest BCUT2D eigenvalue weighted by atomic mass is 9.82. The van der Waals surface area contributed by atoms with Crippen LogP contribution in [0.25, 0.3) is 10.9 Å². The van der Waals surface area contributed by atoms with E-state index in [1.54, 1.807) is 0 Å². The Morgan fingerprint density at radius 2 is 2.04 bits per heavy atom. The van der Waals surface area contributed by atoms with Crippen LogP contribution in [0.1, 0.15) is 32.1 Å². The molecule has 0 spiro atoms. The first-order chi connectivity index (χ1) is 12.4. The zero-order chi connectivity index (χ0) is 18.6. The van der Waals surface area contributed by atoms with Gasteiger partial charge in [0, 0.05) is 25.8 Å². The van der Waals surface area contributed by atoms with Crippen LogP contribution < -0.4 is 5.32 Å². The maximum atomic E-state index is 9.66. The lowest BCUT2D eigenvalue weighted by Gasteiger charge is -2.32. The molecule has 1 aliphatic rings. The van der Waals surface area contributed by atoms with Crippen molar-refractivity contribution < 1.29 is 4.74 Å². The van der Waals surface area contributed by atoms with Gasteiger partial charge in [-0.2, -0.15) is 10.4 Å². The number of nitrogens with one attached hydrogen (secondary N) is 1. The second-order valence-electron chi connectivity index (χ2n) is 8.65. The topological polar surface area (TPSA) is 62.9 Å². The Hall–Kier alpha value is -1.84. The normalized spacial score (nSPS) is 17.2. The number of fused-ring (bicyclic) bond motifs is 1. The van der Waals surface area contributed by atoms with Crippen molar-refractivity contribution in [1.82, 2.24) is 9.78 Å². The maximum Gasteiger partial charge on any atom is 0.139 e. The Labute approximate surface area is 157 Å². The third kappa shape index (κ3) is 4.66. The highest BCUT2D eigenvalue weighted by molar-refractivity contribution is 6.76. The van der Waals surface area contributed by atoms with Crippen LogP contribution in [0, 0.1) is 11.3 Å². The van der Waals surface area contributed by atoms with E-state index in [1.807, 2.05) is 10.9 Å². The summed E-state index contributed by atoms with van der Waals surface area (Å²) in [4.78, 5) is 0. The SMILES string of the molecule is C[Si](C)(C)CCOCn1ncc2cc(NC3(C#N)CCCCC3)ccc21. The first-order valence-electron chi connectivity index (χ1n) is 9.64. The summed E-state index contributed by atoms with van der Waals surface area (Å²) >= 11 is 0. The van der Waals surface area contributed by atoms with Gasteiger partial charge in [-0.3, -0.25) is 0 Å². The average Bonchev–Trinajstić information content (AvgIpc) is 3.01. The molecule has 140 valence electrons. The summed E-state index contributed by atoms with van der Waals surface area (Å²) in [6, 6.07) is 9.89. The van der Waals surface area contributed by atoms with Crippen molar-refractivity contribution in [3.05, 3.63) is 24.4 Å². The van der Waals surface area contributed by atoms with Crippen LogP contribution in [0.4, 0.5) is 5.69 Å². The van der Waals surface area contributed by atoms with Crippen LogP contribution in [0.3, 0.4) is 0 Å². The van der Waals surface area contributed by atoms with Crippen molar-refractivity contribution in [3.63, 3.8) is 0 Å². The minimum Gasteiger partial charge on any atom is -0.367 e. The van der Waals surface area contributed by atoms with Crippen molar-refractivity contribution in [2.24, 2.45) is 0 Å². The van der Waals surface area contributed by atoms with E-state index in [9.17, 15) is 5.26 Å². The molecule has 1 saturated carbocycles. The first-order valence-corrected chi connectivity index (χ1v) is 13.3. The Morgan fingerprint density at radius 3 is 2.73 bits per heavy atom. The van der Waals surface area contributed by atoms with E-state index < -0.39 is 13.6 Å². The van der Waals surface area contributed by atoms with E-state index >= 15 is 0 Å². The molecule has 2 aromatic rings. The van der Waals surface area contributed by atoms with E-state index in [2.05, 4.69) is 54.3 Å². The molecule has 1 N–H and O–H groups in total. The Morgan fingerprint density at radius 1 is 1.27 bits per heavy atom. The fraction of sp³-hybridized carbons (Fsp3) is 0.600. The van der Waals surface area contributed by atoms with Crippen LogP contribution in [-0.2, 0) is 11.5 Å². The molecule has 0 radical (unpaired) electrons. The predicted molar refractivity (Wildman–Crippen MR) is 109 cm³/mol. The quantitative estimate of drug-likeness (QED) is 0.551. The molecular formula is C20H30N4OSi. The highest BCUT2D eigenvalue weighted by Crippen LogP contribution is 2.32. The van der Waals surface area contributed by atoms with Gasteiger partial charge in [-0.1, -0.05) is 38.9 Å². The van der Waals surface area contributed by atoms with Gasteiger partial charge >= 0.3 is 0 Å². The molecule has 0 aliphatic heterocycles. The van der Waals surface area contributed by atoms with Gasteiger partial charge in [0.2, 0.25) is 0 Å². The van der Waals surface area contributed by atoms with Crippen LogP contribution in [0.5, 0.6) is 0 Å². The molecule has 1 fully saturated rings. The fourth-order valence-electron chi connectivity index (χ4n) is 3.49. The van der Waals surface area contributed by atoms with E-state index in [4.69, 9.17) is 4.74 Å². The fourth-order valence-corrected chi connectivity index (χ4v) is 4.25. The predicted octanol–water partition coefficient (Wildman–Crippen LogP) is 4.99. The van der Waals surface area contributed by atoms with Gasteiger partial charge in [-0.25, -0.2) is 4.68 Å². The van der Waals surface area contributed by atoms with Crippen LogP contribution >= 0.6 is 0 Å². The number of anilines is 1. The number of hydrogen-bond acceptors (Lipinski definition) is 4. The lowest BCUT2D eigenvalue weighted by molar-refractivity contribution is 0.0817. The van der Waals surface area contributed by atoms with Crippen molar-refractivity contribution in [1.29, 1.82) is 5.26 Å². The molecule has 26 heavy (non-hydrogen) atoms. The smallest absolute Gasteiger partial charge is 0.139 e. The zero-order valence-corrected chi connectivity index (χ0v) is 17.2. The average molecular weight is 371 g/mol. The van der Waals surface area contributed by atoms with Gasteiger partial charge < -0.3 is 10.1 Å². The Balaban J connectivity index is 1.66. The molecule has 1 heterocycles. The molecule has 3 rings (SSSR count). The van der Waals surface area contributed by atoms with E-state index in [0.717, 1.165) is 54.9 Å². The monoisotopic (exact) mass is 370 g/mol. The summed E-state index contributed by atoms with van der Waals surface area (Å²) in [5, 5.41) is 18.7. The second-order valence-corrected chi connectivity index (χ2v) is 14.3. The largest absolute Gasteiger partial charge is 0.367 e. The number of nitrogens with zero attached hydrogens (tertiary/aromatic N) is 3. The highest BCUT2D eigenvalue weighted by Gasteiger charge is 2.31. The Kier molecular flexibility index (Phi) is 5.69. The van der Waals surface area contributed by atoms with Gasteiger partial charge in [0.15, 0.2) is 0 Å². The van der Waals surface area contributed by atoms with Crippen molar-refractivity contribution in [2.75, 3.05) is 11.9 Å². The summed E-state index contributed by atoms with van der Waals surface area (Å²) in [6.07, 6.45) is 7.19. The molecule has 1 aliphatic carbocycles. The third-order valence-electron chi connectivity index (χ3n) is 5.16. The molecule has 0 amide bonds. The van der Waals surface area contributed by atoms with Crippen molar-refractivity contribution >= 4 is 24.7 Å². The molecule has 0 bridgehead atoms. The number of benzene rings is 1. The summed E-state index contributed by atoms with van der Waals surface area (Å²) < 4.78 is 7.73. The van der Waals surface area contributed by atoms with Crippen LogP contribution in [-0.4, -0.2) is 30.0 Å². The van der Waals surface area contributed by atoms with Gasteiger partial charge in [0.25, 0.3) is 0 Å². The molecule has 0 saturated heterocycles. The molecule has 5 nitrogen and oxygen atoms in total. The van der Waals surface area contributed by atoms with E-state index in [-0.39, 0.29) is 0 Å². The third-order valence-corrected chi connectivity index (χ3v) is 6.86. The molecule has 0 unspecified atom stereocenters. The van der Waals surface area contributed by atoms with Gasteiger partial charge in [-0.05, 0) is 37.1 Å². The van der Waals surface area contributed by atoms with Gasteiger partial charge in [0.05, 0.1) is 17.8 Å². The van der Waals surface area contributed by atoms with Crippen LogP contribution in [0.2, 0.25) is 25.7 Å². The molecule has 1 aromatic carbocycles.